The molecule has 5 nitrogen and oxygen atoms in total. The Kier molecular flexibility index (Phi) is 6.04. The Morgan fingerprint density at radius 1 is 1.17 bits per heavy atom. The van der Waals surface area contributed by atoms with Crippen LogP contribution in [-0.2, 0) is 10.0 Å². The van der Waals surface area contributed by atoms with E-state index in [2.05, 4.69) is 6.92 Å². The van der Waals surface area contributed by atoms with E-state index in [0.29, 0.717) is 11.5 Å². The van der Waals surface area contributed by atoms with Crippen LogP contribution in [0.25, 0.3) is 0 Å². The molecule has 1 atom stereocenters. The van der Waals surface area contributed by atoms with Crippen LogP contribution in [0, 0.1) is 5.92 Å². The highest BCUT2D eigenvalue weighted by Crippen LogP contribution is 2.20. The van der Waals surface area contributed by atoms with Gasteiger partial charge in [0, 0.05) is 31.7 Å². The van der Waals surface area contributed by atoms with Crippen LogP contribution in [0.3, 0.4) is 0 Å². The lowest BCUT2D eigenvalue weighted by atomic mass is 10.0. The van der Waals surface area contributed by atoms with Gasteiger partial charge in [0.1, 0.15) is 0 Å². The van der Waals surface area contributed by atoms with Crippen LogP contribution in [0.5, 0.6) is 0 Å². The van der Waals surface area contributed by atoms with Gasteiger partial charge in [0.2, 0.25) is 10.0 Å². The second kappa shape index (κ2) is 7.66. The quantitative estimate of drug-likeness (QED) is 0.837. The van der Waals surface area contributed by atoms with Gasteiger partial charge in [-0.15, -0.1) is 0 Å². The number of nitrogens with zero attached hydrogens (tertiary/aromatic N) is 2. The van der Waals surface area contributed by atoms with Crippen LogP contribution in [0.4, 0.5) is 0 Å². The fourth-order valence-corrected chi connectivity index (χ4v) is 4.23. The molecule has 0 bridgehead atoms. The SMILES string of the molecule is CC1CCCN(C(=O)c2ccc(S(=O)(=O)N(C)C(C)C)cc2)CC1. The molecule has 0 N–H and O–H groups in total. The number of hydrogen-bond acceptors (Lipinski definition) is 3. The monoisotopic (exact) mass is 352 g/mol. The zero-order chi connectivity index (χ0) is 17.9. The maximum absolute atomic E-state index is 12.6. The summed E-state index contributed by atoms with van der Waals surface area (Å²) in [7, 11) is -1.94. The van der Waals surface area contributed by atoms with Crippen molar-refractivity contribution < 1.29 is 13.2 Å². The Morgan fingerprint density at radius 2 is 1.79 bits per heavy atom. The molecule has 24 heavy (non-hydrogen) atoms. The summed E-state index contributed by atoms with van der Waals surface area (Å²) in [6, 6.07) is 6.19. The molecule has 0 saturated carbocycles. The van der Waals surface area contributed by atoms with Crippen molar-refractivity contribution in [2.45, 2.75) is 51.0 Å². The smallest absolute Gasteiger partial charge is 0.253 e. The number of carbonyl (C=O) groups is 1. The molecular formula is C18H28N2O3S. The van der Waals surface area contributed by atoms with Crippen molar-refractivity contribution in [3.8, 4) is 0 Å². The molecular weight excluding hydrogens is 324 g/mol. The van der Waals surface area contributed by atoms with Crippen molar-refractivity contribution in [3.05, 3.63) is 29.8 Å². The highest BCUT2D eigenvalue weighted by atomic mass is 32.2. The normalized spacial score (nSPS) is 19.6. The van der Waals surface area contributed by atoms with Crippen molar-refractivity contribution in [1.82, 2.24) is 9.21 Å². The molecule has 6 heteroatoms. The predicted octanol–water partition coefficient (Wildman–Crippen LogP) is 2.98. The Bertz CT molecular complexity index is 668. The molecule has 0 spiro atoms. The molecule has 1 fully saturated rings. The van der Waals surface area contributed by atoms with Gasteiger partial charge in [-0.05, 0) is 63.3 Å². The lowest BCUT2D eigenvalue weighted by Crippen LogP contribution is -2.33. The number of likely N-dealkylation sites (tertiary alicyclic amines) is 1. The topological polar surface area (TPSA) is 57.7 Å². The molecule has 1 unspecified atom stereocenters. The van der Waals surface area contributed by atoms with Gasteiger partial charge in [0.05, 0.1) is 4.90 Å². The molecule has 134 valence electrons. The van der Waals surface area contributed by atoms with E-state index in [1.54, 1.807) is 19.2 Å². The fourth-order valence-electron chi connectivity index (χ4n) is 2.86. The molecule has 1 amide bonds. The number of rotatable bonds is 4. The minimum Gasteiger partial charge on any atom is -0.339 e. The Hall–Kier alpha value is -1.40. The number of sulfonamides is 1. The lowest BCUT2D eigenvalue weighted by molar-refractivity contribution is 0.0760. The molecule has 1 saturated heterocycles. The second-order valence-corrected chi connectivity index (χ2v) is 8.97. The standard InChI is InChI=1S/C18H28N2O3S/c1-14(2)19(4)24(22,23)17-9-7-16(8-10-17)18(21)20-12-5-6-15(3)11-13-20/h7-10,14-15H,5-6,11-13H2,1-4H3. The van der Waals surface area contributed by atoms with Gasteiger partial charge in [-0.1, -0.05) is 6.92 Å². The first-order valence-electron chi connectivity index (χ1n) is 8.61. The Morgan fingerprint density at radius 3 is 2.38 bits per heavy atom. The number of amides is 1. The van der Waals surface area contributed by atoms with E-state index in [1.807, 2.05) is 18.7 Å². The van der Waals surface area contributed by atoms with E-state index in [4.69, 9.17) is 0 Å². The van der Waals surface area contributed by atoms with Gasteiger partial charge in [-0.25, -0.2) is 8.42 Å². The van der Waals surface area contributed by atoms with Gasteiger partial charge in [-0.2, -0.15) is 4.31 Å². The lowest BCUT2D eigenvalue weighted by Gasteiger charge is -2.22. The van der Waals surface area contributed by atoms with Crippen LogP contribution in [-0.4, -0.2) is 49.7 Å². The second-order valence-electron chi connectivity index (χ2n) is 6.97. The maximum Gasteiger partial charge on any atom is 0.253 e. The molecule has 1 aliphatic heterocycles. The van der Waals surface area contributed by atoms with Crippen molar-refractivity contribution >= 4 is 15.9 Å². The average Bonchev–Trinajstić information content (AvgIpc) is 2.78. The van der Waals surface area contributed by atoms with Crippen molar-refractivity contribution in [2.24, 2.45) is 5.92 Å². The highest BCUT2D eigenvalue weighted by Gasteiger charge is 2.24. The third kappa shape index (κ3) is 4.16. The summed E-state index contributed by atoms with van der Waals surface area (Å²) in [4.78, 5) is 14.7. The zero-order valence-electron chi connectivity index (χ0n) is 15.0. The first kappa shape index (κ1) is 18.9. The molecule has 1 aromatic carbocycles. The van der Waals surface area contributed by atoms with Crippen molar-refractivity contribution in [2.75, 3.05) is 20.1 Å². The molecule has 2 rings (SSSR count). The first-order valence-corrected chi connectivity index (χ1v) is 10.0. The summed E-state index contributed by atoms with van der Waals surface area (Å²) in [5.41, 5.74) is 0.552. The van der Waals surface area contributed by atoms with Gasteiger partial charge < -0.3 is 4.90 Å². The van der Waals surface area contributed by atoms with E-state index < -0.39 is 10.0 Å². The van der Waals surface area contributed by atoms with Crippen LogP contribution < -0.4 is 0 Å². The predicted molar refractivity (Wildman–Crippen MR) is 95.4 cm³/mol. The molecule has 1 aliphatic rings. The third-order valence-corrected chi connectivity index (χ3v) is 6.86. The summed E-state index contributed by atoms with van der Waals surface area (Å²) in [6.07, 6.45) is 3.21. The van der Waals surface area contributed by atoms with Crippen LogP contribution in [0.1, 0.15) is 50.4 Å². The van der Waals surface area contributed by atoms with E-state index in [0.717, 1.165) is 32.4 Å². The first-order chi connectivity index (χ1) is 11.2. The summed E-state index contributed by atoms with van der Waals surface area (Å²) in [5.74, 6) is 0.646. The summed E-state index contributed by atoms with van der Waals surface area (Å²) in [6.45, 7) is 7.43. The van der Waals surface area contributed by atoms with Crippen LogP contribution >= 0.6 is 0 Å². The van der Waals surface area contributed by atoms with E-state index in [-0.39, 0.29) is 16.8 Å². The fraction of sp³-hybridized carbons (Fsp3) is 0.611. The minimum atomic E-state index is -3.51. The zero-order valence-corrected chi connectivity index (χ0v) is 15.8. The largest absolute Gasteiger partial charge is 0.339 e. The molecule has 1 heterocycles. The van der Waals surface area contributed by atoms with Gasteiger partial charge in [-0.3, -0.25) is 4.79 Å². The van der Waals surface area contributed by atoms with Crippen molar-refractivity contribution in [1.29, 1.82) is 0 Å². The summed E-state index contributed by atoms with van der Waals surface area (Å²) < 4.78 is 26.3. The third-order valence-electron chi connectivity index (χ3n) is 4.81. The van der Waals surface area contributed by atoms with E-state index in [1.165, 1.54) is 16.4 Å². The average molecular weight is 353 g/mol. The van der Waals surface area contributed by atoms with Crippen LogP contribution in [0.15, 0.2) is 29.2 Å². The Labute approximate surface area is 145 Å². The number of hydrogen-bond donors (Lipinski definition) is 0. The van der Waals surface area contributed by atoms with E-state index >= 15 is 0 Å². The number of benzene rings is 1. The molecule has 1 aromatic rings. The van der Waals surface area contributed by atoms with Gasteiger partial charge in [0.25, 0.3) is 5.91 Å². The van der Waals surface area contributed by atoms with Gasteiger partial charge >= 0.3 is 0 Å². The highest BCUT2D eigenvalue weighted by molar-refractivity contribution is 7.89. The molecule has 0 aliphatic carbocycles. The molecule has 0 radical (unpaired) electrons. The minimum absolute atomic E-state index is 0.00902. The maximum atomic E-state index is 12.6. The Balaban J connectivity index is 2.15. The van der Waals surface area contributed by atoms with Gasteiger partial charge in [0.15, 0.2) is 0 Å². The van der Waals surface area contributed by atoms with Crippen LogP contribution in [0.2, 0.25) is 0 Å². The van der Waals surface area contributed by atoms with Crippen molar-refractivity contribution in [3.63, 3.8) is 0 Å². The van der Waals surface area contributed by atoms with E-state index in [9.17, 15) is 13.2 Å². The summed E-state index contributed by atoms with van der Waals surface area (Å²) >= 11 is 0. The summed E-state index contributed by atoms with van der Waals surface area (Å²) in [5, 5.41) is 0. The number of carbonyl (C=O) groups excluding carboxylic acids is 1. The molecule has 0 aromatic heterocycles.